The number of nitrogens with two attached hydrogens (primary N) is 1. The number of hydrogen-bond acceptors (Lipinski definition) is 3. The average Bonchev–Trinajstić information content (AvgIpc) is 2.77. The fourth-order valence-corrected chi connectivity index (χ4v) is 4.37. The summed E-state index contributed by atoms with van der Waals surface area (Å²) >= 11 is 0. The normalized spacial score (nSPS) is 12.8. The number of amides is 1. The second-order valence-corrected chi connectivity index (χ2v) is 8.34. The van der Waals surface area contributed by atoms with Crippen molar-refractivity contribution in [2.75, 3.05) is 11.1 Å². The quantitative estimate of drug-likeness (QED) is 0.409. The van der Waals surface area contributed by atoms with E-state index in [4.69, 9.17) is 10.7 Å². The standard InChI is InChI=1S/C26H31N3O.ClH/c27-26-21-13-8-9-14-23(21)29-24-17-16-20(18-22(24)26)28-25(30)15-7-2-1-4-10-19-11-5-3-6-12-19;/h3,5-6,11-12,16-18H,1-2,4,7-10,13-15H2,(H2,27,29)(H,28,30);1H. The first kappa shape index (κ1) is 23.1. The third kappa shape index (κ3) is 5.98. The molecule has 1 aliphatic carbocycles. The number of carbonyl (C=O) groups excluding carboxylic acids is 1. The number of carbonyl (C=O) groups is 1. The molecule has 0 aliphatic heterocycles. The lowest BCUT2D eigenvalue weighted by molar-refractivity contribution is -0.116. The van der Waals surface area contributed by atoms with Gasteiger partial charge in [0.15, 0.2) is 0 Å². The number of pyridine rings is 1. The number of hydrogen-bond donors (Lipinski definition) is 2. The molecule has 0 radical (unpaired) electrons. The zero-order valence-electron chi connectivity index (χ0n) is 18.0. The number of fused-ring (bicyclic) bond motifs is 2. The third-order valence-electron chi connectivity index (χ3n) is 6.05. The van der Waals surface area contributed by atoms with Gasteiger partial charge in [0.05, 0.1) is 5.52 Å². The van der Waals surface area contributed by atoms with Gasteiger partial charge in [-0.05, 0) is 74.3 Å². The van der Waals surface area contributed by atoms with Crippen molar-refractivity contribution in [3.05, 3.63) is 65.4 Å². The van der Waals surface area contributed by atoms with Gasteiger partial charge in [-0.3, -0.25) is 9.78 Å². The Hall–Kier alpha value is -2.59. The summed E-state index contributed by atoms with van der Waals surface area (Å²) in [6.45, 7) is 0. The molecule has 0 atom stereocenters. The Labute approximate surface area is 191 Å². The van der Waals surface area contributed by atoms with Crippen LogP contribution >= 0.6 is 12.4 Å². The summed E-state index contributed by atoms with van der Waals surface area (Å²) < 4.78 is 0. The van der Waals surface area contributed by atoms with Gasteiger partial charge in [0.25, 0.3) is 0 Å². The van der Waals surface area contributed by atoms with E-state index in [9.17, 15) is 4.79 Å². The first-order valence-corrected chi connectivity index (χ1v) is 11.3. The van der Waals surface area contributed by atoms with E-state index >= 15 is 0 Å². The molecule has 1 heterocycles. The van der Waals surface area contributed by atoms with Crippen LogP contribution in [0.25, 0.3) is 10.9 Å². The van der Waals surface area contributed by atoms with Gasteiger partial charge in [0, 0.05) is 28.9 Å². The minimum atomic E-state index is 0. The van der Waals surface area contributed by atoms with Crippen LogP contribution in [-0.2, 0) is 24.1 Å². The number of nitrogen functional groups attached to an aromatic ring is 1. The zero-order chi connectivity index (χ0) is 20.8. The fourth-order valence-electron chi connectivity index (χ4n) is 4.37. The molecular formula is C26H32ClN3O. The van der Waals surface area contributed by atoms with E-state index < -0.39 is 0 Å². The minimum absolute atomic E-state index is 0. The number of aromatic nitrogens is 1. The molecule has 0 fully saturated rings. The molecule has 0 spiro atoms. The van der Waals surface area contributed by atoms with Crippen LogP contribution in [-0.4, -0.2) is 10.9 Å². The van der Waals surface area contributed by atoms with Crippen LogP contribution in [0.1, 0.15) is 61.8 Å². The number of rotatable bonds is 8. The van der Waals surface area contributed by atoms with Gasteiger partial charge in [-0.15, -0.1) is 12.4 Å². The molecule has 3 aromatic rings. The Kier molecular flexibility index (Phi) is 8.30. The number of nitrogens with zero attached hydrogens (tertiary/aromatic N) is 1. The summed E-state index contributed by atoms with van der Waals surface area (Å²) in [5.41, 5.74) is 12.8. The van der Waals surface area contributed by atoms with Gasteiger partial charge in [-0.25, -0.2) is 0 Å². The molecule has 2 aromatic carbocycles. The highest BCUT2D eigenvalue weighted by Crippen LogP contribution is 2.32. The summed E-state index contributed by atoms with van der Waals surface area (Å²) in [6, 6.07) is 16.5. The predicted molar refractivity (Wildman–Crippen MR) is 132 cm³/mol. The lowest BCUT2D eigenvalue weighted by Gasteiger charge is -2.19. The van der Waals surface area contributed by atoms with Crippen molar-refractivity contribution < 1.29 is 4.79 Å². The van der Waals surface area contributed by atoms with Crippen LogP contribution in [0.15, 0.2) is 48.5 Å². The second-order valence-electron chi connectivity index (χ2n) is 8.34. The van der Waals surface area contributed by atoms with E-state index in [1.807, 2.05) is 18.2 Å². The Morgan fingerprint density at radius 3 is 2.58 bits per heavy atom. The van der Waals surface area contributed by atoms with Gasteiger partial charge in [-0.2, -0.15) is 0 Å². The molecule has 3 N–H and O–H groups in total. The maximum Gasteiger partial charge on any atom is 0.224 e. The Morgan fingerprint density at radius 2 is 1.74 bits per heavy atom. The van der Waals surface area contributed by atoms with Crippen molar-refractivity contribution >= 4 is 40.6 Å². The van der Waals surface area contributed by atoms with Gasteiger partial charge < -0.3 is 11.1 Å². The molecule has 0 saturated heterocycles. The fraction of sp³-hybridized carbons (Fsp3) is 0.385. The minimum Gasteiger partial charge on any atom is -0.398 e. The summed E-state index contributed by atoms with van der Waals surface area (Å²) in [5, 5.41) is 3.99. The van der Waals surface area contributed by atoms with Crippen molar-refractivity contribution in [1.29, 1.82) is 0 Å². The van der Waals surface area contributed by atoms with Gasteiger partial charge in [0.1, 0.15) is 0 Å². The van der Waals surface area contributed by atoms with Crippen molar-refractivity contribution in [1.82, 2.24) is 4.98 Å². The molecule has 1 aromatic heterocycles. The van der Waals surface area contributed by atoms with Gasteiger partial charge in [0.2, 0.25) is 5.91 Å². The van der Waals surface area contributed by atoms with Crippen molar-refractivity contribution in [2.24, 2.45) is 0 Å². The molecular weight excluding hydrogens is 406 g/mol. The summed E-state index contributed by atoms with van der Waals surface area (Å²) in [6.07, 6.45) is 10.4. The predicted octanol–water partition coefficient (Wildman–Crippen LogP) is 6.25. The smallest absolute Gasteiger partial charge is 0.224 e. The highest BCUT2D eigenvalue weighted by Gasteiger charge is 2.16. The van der Waals surface area contributed by atoms with Crippen molar-refractivity contribution in [3.63, 3.8) is 0 Å². The van der Waals surface area contributed by atoms with Crippen LogP contribution in [0, 0.1) is 0 Å². The third-order valence-corrected chi connectivity index (χ3v) is 6.05. The maximum atomic E-state index is 12.4. The van der Waals surface area contributed by atoms with E-state index in [0.717, 1.165) is 66.5 Å². The van der Waals surface area contributed by atoms with Crippen LogP contribution in [0.4, 0.5) is 11.4 Å². The topological polar surface area (TPSA) is 68.0 Å². The highest BCUT2D eigenvalue weighted by molar-refractivity contribution is 5.98. The second kappa shape index (κ2) is 11.1. The highest BCUT2D eigenvalue weighted by atomic mass is 35.5. The van der Waals surface area contributed by atoms with Gasteiger partial charge in [-0.1, -0.05) is 43.2 Å². The summed E-state index contributed by atoms with van der Waals surface area (Å²) in [5.74, 6) is 0.0712. The molecule has 0 bridgehead atoms. The van der Waals surface area contributed by atoms with Crippen molar-refractivity contribution in [2.45, 2.75) is 64.2 Å². The monoisotopic (exact) mass is 437 g/mol. The number of nitrogens with one attached hydrogen (secondary N) is 1. The lowest BCUT2D eigenvalue weighted by atomic mass is 9.93. The summed E-state index contributed by atoms with van der Waals surface area (Å²) in [4.78, 5) is 17.2. The van der Waals surface area contributed by atoms with Crippen LogP contribution in [0.5, 0.6) is 0 Å². The molecule has 4 nitrogen and oxygen atoms in total. The van der Waals surface area contributed by atoms with E-state index in [1.54, 1.807) is 0 Å². The van der Waals surface area contributed by atoms with E-state index in [1.165, 1.54) is 30.4 Å². The molecule has 5 heteroatoms. The lowest BCUT2D eigenvalue weighted by Crippen LogP contribution is -2.12. The van der Waals surface area contributed by atoms with E-state index in [-0.39, 0.29) is 18.3 Å². The maximum absolute atomic E-state index is 12.4. The largest absolute Gasteiger partial charge is 0.398 e. The van der Waals surface area contributed by atoms with E-state index in [2.05, 4.69) is 35.6 Å². The number of anilines is 2. The SMILES string of the molecule is Cl.Nc1c2c(nc3ccc(NC(=O)CCCCCCc4ccccc4)cc13)CCCC2. The van der Waals surface area contributed by atoms with Crippen molar-refractivity contribution in [3.8, 4) is 0 Å². The van der Waals surface area contributed by atoms with Crippen LogP contribution in [0.2, 0.25) is 0 Å². The van der Waals surface area contributed by atoms with E-state index in [0.29, 0.717) is 6.42 Å². The van der Waals surface area contributed by atoms with Gasteiger partial charge >= 0.3 is 0 Å². The first-order chi connectivity index (χ1) is 14.7. The Bertz CT molecular complexity index is 1020. The molecule has 1 amide bonds. The Morgan fingerprint density at radius 1 is 0.968 bits per heavy atom. The number of benzene rings is 2. The average molecular weight is 438 g/mol. The molecule has 1 aliphatic rings. The number of unbranched alkanes of at least 4 members (excludes halogenated alkanes) is 3. The molecule has 4 rings (SSSR count). The Balaban J connectivity index is 0.00000272. The van der Waals surface area contributed by atoms with Crippen LogP contribution in [0.3, 0.4) is 0 Å². The van der Waals surface area contributed by atoms with Crippen LogP contribution < -0.4 is 11.1 Å². The summed E-state index contributed by atoms with van der Waals surface area (Å²) in [7, 11) is 0. The molecule has 0 saturated carbocycles. The molecule has 31 heavy (non-hydrogen) atoms. The zero-order valence-corrected chi connectivity index (χ0v) is 18.8. The first-order valence-electron chi connectivity index (χ1n) is 11.3. The molecule has 164 valence electrons. The molecule has 0 unspecified atom stereocenters. The number of halogens is 1. The number of aryl methyl sites for hydroxylation is 2.